The van der Waals surface area contributed by atoms with Crippen molar-refractivity contribution in [1.29, 1.82) is 0 Å². The van der Waals surface area contributed by atoms with Crippen LogP contribution in [0.15, 0.2) is 48.5 Å². The largest absolute Gasteiger partial charge is 0.497 e. The number of anilines is 1. The summed E-state index contributed by atoms with van der Waals surface area (Å²) in [7, 11) is -0.803. The molecule has 0 aliphatic carbocycles. The molecule has 1 N–H and O–H groups in total. The quantitative estimate of drug-likeness (QED) is 0.489. The molecule has 0 saturated carbocycles. The lowest BCUT2D eigenvalue weighted by molar-refractivity contribution is -0.141. The smallest absolute Gasteiger partial charge is 0.244 e. The van der Waals surface area contributed by atoms with Crippen LogP contribution in [-0.4, -0.2) is 63.7 Å². The summed E-state index contributed by atoms with van der Waals surface area (Å²) in [6.07, 6.45) is 1.38. The number of methoxy groups -OCH3 is 2. The predicted molar refractivity (Wildman–Crippen MR) is 141 cm³/mol. The molecule has 0 heterocycles. The van der Waals surface area contributed by atoms with E-state index < -0.39 is 34.1 Å². The second-order valence-corrected chi connectivity index (χ2v) is 11.4. The van der Waals surface area contributed by atoms with Gasteiger partial charge < -0.3 is 19.7 Å². The summed E-state index contributed by atoms with van der Waals surface area (Å²) < 4.78 is 37.0. The summed E-state index contributed by atoms with van der Waals surface area (Å²) in [6, 6.07) is 12.9. The van der Waals surface area contributed by atoms with Gasteiger partial charge in [-0.25, -0.2) is 8.42 Å². The molecule has 0 spiro atoms. The number of nitrogens with one attached hydrogen (secondary N) is 1. The zero-order chi connectivity index (χ0) is 27.1. The van der Waals surface area contributed by atoms with Crippen LogP contribution in [0.1, 0.15) is 39.7 Å². The molecule has 0 radical (unpaired) electrons. The van der Waals surface area contributed by atoms with Crippen molar-refractivity contribution in [3.8, 4) is 11.5 Å². The van der Waals surface area contributed by atoms with Gasteiger partial charge in [0.15, 0.2) is 0 Å². The Bertz CT molecular complexity index is 1160. The van der Waals surface area contributed by atoms with Crippen molar-refractivity contribution in [2.75, 3.05) is 31.3 Å². The van der Waals surface area contributed by atoms with E-state index in [1.54, 1.807) is 49.6 Å². The highest BCUT2D eigenvalue weighted by molar-refractivity contribution is 7.92. The molecule has 0 saturated heterocycles. The fourth-order valence-electron chi connectivity index (χ4n) is 3.72. The van der Waals surface area contributed by atoms with E-state index in [0.29, 0.717) is 23.6 Å². The second-order valence-electron chi connectivity index (χ2n) is 9.51. The van der Waals surface area contributed by atoms with Gasteiger partial charge in [-0.2, -0.15) is 0 Å². The highest BCUT2D eigenvalue weighted by Crippen LogP contribution is 2.24. The summed E-state index contributed by atoms with van der Waals surface area (Å²) >= 11 is 0. The minimum atomic E-state index is -3.83. The van der Waals surface area contributed by atoms with Crippen LogP contribution in [0.5, 0.6) is 11.5 Å². The average molecular weight is 520 g/mol. The maximum absolute atomic E-state index is 13.7. The molecular formula is C26H37N3O6S. The van der Waals surface area contributed by atoms with Crippen LogP contribution < -0.4 is 19.1 Å². The fourth-order valence-corrected chi connectivity index (χ4v) is 4.56. The lowest BCUT2D eigenvalue weighted by Gasteiger charge is -2.34. The molecule has 10 heteroatoms. The number of hydrogen-bond donors (Lipinski definition) is 1. The molecule has 0 aliphatic heterocycles. The molecule has 198 valence electrons. The SMILES string of the molecule is CC[C@@H](C(=O)NC(C)(C)C)N(Cc1cccc(OC)c1)C(=O)CN(c1cccc(OC)c1)S(C)(=O)=O. The van der Waals surface area contributed by atoms with Crippen molar-refractivity contribution in [2.24, 2.45) is 0 Å². The standard InChI is InChI=1S/C26H37N3O6S/c1-8-23(25(31)27-26(2,3)4)28(17-19-11-9-13-21(15-19)34-5)24(30)18-29(36(7,32)33)20-12-10-14-22(16-20)35-6/h9-16,23H,8,17-18H2,1-7H3,(H,27,31)/t23-/m0/s1. The monoisotopic (exact) mass is 519 g/mol. The van der Waals surface area contributed by atoms with E-state index in [1.807, 2.05) is 33.8 Å². The van der Waals surface area contributed by atoms with Gasteiger partial charge in [-0.1, -0.05) is 25.1 Å². The Kier molecular flexibility index (Phi) is 9.75. The van der Waals surface area contributed by atoms with Gasteiger partial charge in [0.25, 0.3) is 0 Å². The third-order valence-corrected chi connectivity index (χ3v) is 6.53. The molecule has 0 aliphatic rings. The minimum absolute atomic E-state index is 0.0990. The number of carbonyl (C=O) groups is 2. The lowest BCUT2D eigenvalue weighted by Crippen LogP contribution is -2.55. The Morgan fingerprint density at radius 1 is 1.00 bits per heavy atom. The Hall–Kier alpha value is -3.27. The zero-order valence-corrected chi connectivity index (χ0v) is 22.9. The highest BCUT2D eigenvalue weighted by Gasteiger charge is 2.33. The summed E-state index contributed by atoms with van der Waals surface area (Å²) in [5, 5.41) is 2.94. The maximum atomic E-state index is 13.7. The lowest BCUT2D eigenvalue weighted by atomic mass is 10.1. The molecule has 1 atom stereocenters. The summed E-state index contributed by atoms with van der Waals surface area (Å²) in [5.41, 5.74) is 0.532. The number of nitrogens with zero attached hydrogens (tertiary/aromatic N) is 2. The normalized spacial score (nSPS) is 12.4. The van der Waals surface area contributed by atoms with Crippen molar-refractivity contribution in [2.45, 2.75) is 52.2 Å². The number of ether oxygens (including phenoxy) is 2. The first kappa shape index (κ1) is 29.0. The van der Waals surface area contributed by atoms with Crippen molar-refractivity contribution < 1.29 is 27.5 Å². The Labute approximate surface area is 214 Å². The number of hydrogen-bond acceptors (Lipinski definition) is 6. The molecular weight excluding hydrogens is 482 g/mol. The van der Waals surface area contributed by atoms with Crippen molar-refractivity contribution >= 4 is 27.5 Å². The molecule has 0 fully saturated rings. The van der Waals surface area contributed by atoms with Crippen molar-refractivity contribution in [1.82, 2.24) is 10.2 Å². The number of rotatable bonds is 11. The van der Waals surface area contributed by atoms with E-state index in [2.05, 4.69) is 5.32 Å². The van der Waals surface area contributed by atoms with Gasteiger partial charge >= 0.3 is 0 Å². The summed E-state index contributed by atoms with van der Waals surface area (Å²) in [5.74, 6) is 0.245. The van der Waals surface area contributed by atoms with Gasteiger partial charge in [0.1, 0.15) is 24.1 Å². The Balaban J connectivity index is 2.49. The van der Waals surface area contributed by atoms with Crippen molar-refractivity contribution in [3.05, 3.63) is 54.1 Å². The molecule has 2 rings (SSSR count). The highest BCUT2D eigenvalue weighted by atomic mass is 32.2. The summed E-state index contributed by atoms with van der Waals surface area (Å²) in [6.45, 7) is 7.02. The second kappa shape index (κ2) is 12.1. The van der Waals surface area contributed by atoms with Crippen LogP contribution in [-0.2, 0) is 26.2 Å². The Morgan fingerprint density at radius 3 is 2.11 bits per heavy atom. The first-order chi connectivity index (χ1) is 16.8. The van der Waals surface area contributed by atoms with Gasteiger partial charge in [0, 0.05) is 18.2 Å². The molecule has 0 aromatic heterocycles. The average Bonchev–Trinajstić information content (AvgIpc) is 2.80. The molecule has 9 nitrogen and oxygen atoms in total. The van der Waals surface area contributed by atoms with E-state index in [0.717, 1.165) is 16.1 Å². The zero-order valence-electron chi connectivity index (χ0n) is 22.1. The molecule has 0 unspecified atom stereocenters. The predicted octanol–water partition coefficient (Wildman–Crippen LogP) is 3.19. The van der Waals surface area contributed by atoms with Gasteiger partial charge in [-0.3, -0.25) is 13.9 Å². The third kappa shape index (κ3) is 8.15. The van der Waals surface area contributed by atoms with E-state index in [4.69, 9.17) is 9.47 Å². The molecule has 0 bridgehead atoms. The van der Waals surface area contributed by atoms with Gasteiger partial charge in [0.05, 0.1) is 26.2 Å². The number of amides is 2. The first-order valence-corrected chi connectivity index (χ1v) is 13.5. The van der Waals surface area contributed by atoms with Crippen LogP contribution in [0.25, 0.3) is 0 Å². The first-order valence-electron chi connectivity index (χ1n) is 11.6. The summed E-state index contributed by atoms with van der Waals surface area (Å²) in [4.78, 5) is 28.4. The maximum Gasteiger partial charge on any atom is 0.244 e. The molecule has 2 aromatic carbocycles. The van der Waals surface area contributed by atoms with Crippen LogP contribution in [0.4, 0.5) is 5.69 Å². The molecule has 2 aromatic rings. The van der Waals surface area contributed by atoms with E-state index in [-0.39, 0.29) is 12.5 Å². The van der Waals surface area contributed by atoms with E-state index >= 15 is 0 Å². The van der Waals surface area contributed by atoms with E-state index in [9.17, 15) is 18.0 Å². The van der Waals surface area contributed by atoms with Gasteiger partial charge in [-0.15, -0.1) is 0 Å². The van der Waals surface area contributed by atoms with Crippen LogP contribution in [0.3, 0.4) is 0 Å². The third-order valence-electron chi connectivity index (χ3n) is 5.39. The van der Waals surface area contributed by atoms with Crippen LogP contribution in [0.2, 0.25) is 0 Å². The topological polar surface area (TPSA) is 105 Å². The number of sulfonamides is 1. The van der Waals surface area contributed by atoms with Crippen LogP contribution in [0, 0.1) is 0 Å². The van der Waals surface area contributed by atoms with Gasteiger partial charge in [0.2, 0.25) is 21.8 Å². The van der Waals surface area contributed by atoms with Crippen molar-refractivity contribution in [3.63, 3.8) is 0 Å². The Morgan fingerprint density at radius 2 is 1.58 bits per heavy atom. The van der Waals surface area contributed by atoms with E-state index in [1.165, 1.54) is 12.0 Å². The molecule has 2 amide bonds. The minimum Gasteiger partial charge on any atom is -0.497 e. The number of carbonyl (C=O) groups excluding carboxylic acids is 2. The van der Waals surface area contributed by atoms with Crippen LogP contribution >= 0.6 is 0 Å². The molecule has 36 heavy (non-hydrogen) atoms. The van der Waals surface area contributed by atoms with Gasteiger partial charge in [-0.05, 0) is 57.0 Å². The number of benzene rings is 2. The fraction of sp³-hybridized carbons (Fsp3) is 0.462.